The van der Waals surface area contributed by atoms with Gasteiger partial charge in [0.2, 0.25) is 5.95 Å². The number of hydrogen-bond donors (Lipinski definition) is 3. The van der Waals surface area contributed by atoms with Gasteiger partial charge in [0.15, 0.2) is 17.0 Å². The summed E-state index contributed by atoms with van der Waals surface area (Å²) in [7, 11) is 0. The molecule has 1 saturated carbocycles. The third-order valence-corrected chi connectivity index (χ3v) is 4.84. The van der Waals surface area contributed by atoms with Crippen molar-refractivity contribution in [1.82, 2.24) is 19.5 Å². The summed E-state index contributed by atoms with van der Waals surface area (Å²) in [6, 6.07) is 0.477. The molecular weight excluding hydrogens is 308 g/mol. The molecule has 8 heteroatoms. The summed E-state index contributed by atoms with van der Waals surface area (Å²) >= 11 is 0. The lowest BCUT2D eigenvalue weighted by atomic mass is 9.93. The highest BCUT2D eigenvalue weighted by atomic mass is 16.4. The maximum absolute atomic E-state index is 11.2. The third-order valence-electron chi connectivity index (χ3n) is 4.84. The first kappa shape index (κ1) is 14.9. The molecular formula is C16H20N6O2. The Bertz CT molecular complexity index is 825. The molecule has 126 valence electrons. The second-order valence-corrected chi connectivity index (χ2v) is 6.65. The normalized spacial score (nSPS) is 24.4. The lowest BCUT2D eigenvalue weighted by molar-refractivity contribution is -0.142. The zero-order valence-corrected chi connectivity index (χ0v) is 13.4. The van der Waals surface area contributed by atoms with Crippen molar-refractivity contribution in [3.8, 4) is 0 Å². The number of nitrogens with two attached hydrogens (primary N) is 1. The van der Waals surface area contributed by atoms with Crippen LogP contribution < -0.4 is 11.1 Å². The number of aliphatic carboxylic acids is 1. The fourth-order valence-corrected chi connectivity index (χ4v) is 3.16. The van der Waals surface area contributed by atoms with E-state index in [-0.39, 0.29) is 17.9 Å². The molecule has 0 saturated heterocycles. The number of aromatic nitrogens is 4. The van der Waals surface area contributed by atoms with Crippen molar-refractivity contribution in [3.63, 3.8) is 0 Å². The van der Waals surface area contributed by atoms with Crippen LogP contribution in [-0.4, -0.2) is 36.6 Å². The molecule has 2 aliphatic rings. The fourth-order valence-electron chi connectivity index (χ4n) is 3.16. The summed E-state index contributed by atoms with van der Waals surface area (Å²) in [6.07, 6.45) is 8.72. The smallest absolute Gasteiger partial charge is 0.306 e. The number of nitrogens with zero attached hydrogens (tertiary/aromatic N) is 4. The molecule has 0 spiro atoms. The number of carboxylic acids is 1. The first-order valence-electron chi connectivity index (χ1n) is 8.20. The molecule has 8 nitrogen and oxygen atoms in total. The van der Waals surface area contributed by atoms with Gasteiger partial charge in [-0.3, -0.25) is 4.79 Å². The Morgan fingerprint density at radius 1 is 1.42 bits per heavy atom. The molecule has 3 atom stereocenters. The van der Waals surface area contributed by atoms with Crippen molar-refractivity contribution in [2.24, 2.45) is 11.8 Å². The van der Waals surface area contributed by atoms with E-state index in [4.69, 9.17) is 5.73 Å². The number of fused-ring (bicyclic) bond motifs is 1. The van der Waals surface area contributed by atoms with Crippen LogP contribution >= 0.6 is 0 Å². The second kappa shape index (κ2) is 5.47. The Hall–Kier alpha value is -2.64. The first-order valence-corrected chi connectivity index (χ1v) is 8.20. The van der Waals surface area contributed by atoms with Crippen molar-refractivity contribution in [3.05, 3.63) is 18.5 Å². The minimum absolute atomic E-state index is 0.00759. The highest BCUT2D eigenvalue weighted by Gasteiger charge is 2.30. The van der Waals surface area contributed by atoms with Gasteiger partial charge in [0.1, 0.15) is 0 Å². The standard InChI is InChI=1S/C16H20N6O2/c1-8(15(23)24)9-2-5-11(6-9)22-7-18-12-13(19-10-3-4-10)20-16(17)21-14(12)22/h2,5,7-11H,3-4,6H2,1H3,(H,23,24)(H3,17,19,20,21)/t8?,9-,11+/m0/s1. The van der Waals surface area contributed by atoms with Crippen LogP contribution in [0.25, 0.3) is 11.2 Å². The quantitative estimate of drug-likeness (QED) is 0.716. The Kier molecular flexibility index (Phi) is 3.40. The first-order chi connectivity index (χ1) is 11.5. The SMILES string of the molecule is CC(C(=O)O)[C@H]1C=C[C@@H](n2cnc3c(NC4CC4)nc(N)nc32)C1. The molecule has 0 bridgehead atoms. The van der Waals surface area contributed by atoms with Crippen LogP contribution in [0.3, 0.4) is 0 Å². The van der Waals surface area contributed by atoms with Gasteiger partial charge in [0, 0.05) is 6.04 Å². The zero-order valence-electron chi connectivity index (χ0n) is 13.4. The van der Waals surface area contributed by atoms with Crippen molar-refractivity contribution in [2.75, 3.05) is 11.1 Å². The van der Waals surface area contributed by atoms with Crippen LogP contribution in [0, 0.1) is 11.8 Å². The number of hydrogen-bond acceptors (Lipinski definition) is 6. The van der Waals surface area contributed by atoms with E-state index < -0.39 is 11.9 Å². The Morgan fingerprint density at radius 3 is 2.92 bits per heavy atom. The lowest BCUT2D eigenvalue weighted by Gasteiger charge is -2.16. The van der Waals surface area contributed by atoms with E-state index in [2.05, 4.69) is 20.3 Å². The average Bonchev–Trinajstić information content (AvgIpc) is 3.06. The van der Waals surface area contributed by atoms with Crippen LogP contribution in [-0.2, 0) is 4.79 Å². The maximum Gasteiger partial charge on any atom is 0.306 e. The molecule has 0 radical (unpaired) electrons. The van der Waals surface area contributed by atoms with Gasteiger partial charge in [-0.15, -0.1) is 0 Å². The van der Waals surface area contributed by atoms with E-state index in [1.807, 2.05) is 16.7 Å². The van der Waals surface area contributed by atoms with E-state index in [1.54, 1.807) is 13.3 Å². The van der Waals surface area contributed by atoms with E-state index in [0.29, 0.717) is 29.4 Å². The van der Waals surface area contributed by atoms with Crippen LogP contribution in [0.2, 0.25) is 0 Å². The van der Waals surface area contributed by atoms with Gasteiger partial charge in [-0.05, 0) is 25.2 Å². The molecule has 24 heavy (non-hydrogen) atoms. The van der Waals surface area contributed by atoms with E-state index in [9.17, 15) is 9.90 Å². The van der Waals surface area contributed by atoms with Gasteiger partial charge < -0.3 is 20.7 Å². The van der Waals surface area contributed by atoms with Gasteiger partial charge in [-0.1, -0.05) is 19.1 Å². The number of rotatable bonds is 5. The summed E-state index contributed by atoms with van der Waals surface area (Å²) in [5.41, 5.74) is 7.26. The molecule has 1 fully saturated rings. The number of nitrogens with one attached hydrogen (secondary N) is 1. The summed E-state index contributed by atoms with van der Waals surface area (Å²) in [5, 5.41) is 12.5. The van der Waals surface area contributed by atoms with Gasteiger partial charge in [0.05, 0.1) is 18.3 Å². The van der Waals surface area contributed by atoms with Crippen LogP contribution in [0.4, 0.5) is 11.8 Å². The van der Waals surface area contributed by atoms with E-state index in [0.717, 1.165) is 12.8 Å². The number of nitrogen functional groups attached to an aromatic ring is 1. The minimum atomic E-state index is -0.775. The minimum Gasteiger partial charge on any atom is -0.481 e. The Balaban J connectivity index is 1.65. The van der Waals surface area contributed by atoms with Crippen LogP contribution in [0.5, 0.6) is 0 Å². The zero-order chi connectivity index (χ0) is 16.8. The molecule has 1 unspecified atom stereocenters. The monoisotopic (exact) mass is 328 g/mol. The van der Waals surface area contributed by atoms with E-state index >= 15 is 0 Å². The number of carboxylic acid groups (broad SMARTS) is 1. The van der Waals surface area contributed by atoms with Crippen LogP contribution in [0.15, 0.2) is 18.5 Å². The highest BCUT2D eigenvalue weighted by molar-refractivity contribution is 5.84. The molecule has 2 aromatic heterocycles. The van der Waals surface area contributed by atoms with Gasteiger partial charge in [-0.2, -0.15) is 9.97 Å². The molecule has 0 aromatic carbocycles. The summed E-state index contributed by atoms with van der Waals surface area (Å²) in [5.74, 6) is -0.287. The lowest BCUT2D eigenvalue weighted by Crippen LogP contribution is -2.19. The second-order valence-electron chi connectivity index (χ2n) is 6.65. The molecule has 4 rings (SSSR count). The Morgan fingerprint density at radius 2 is 2.21 bits per heavy atom. The maximum atomic E-state index is 11.2. The number of carbonyl (C=O) groups is 1. The van der Waals surface area contributed by atoms with Gasteiger partial charge in [-0.25, -0.2) is 4.98 Å². The Labute approximate surface area is 138 Å². The highest BCUT2D eigenvalue weighted by Crippen LogP contribution is 2.35. The largest absolute Gasteiger partial charge is 0.481 e. The molecule has 4 N–H and O–H groups in total. The average molecular weight is 328 g/mol. The van der Waals surface area contributed by atoms with Crippen molar-refractivity contribution in [2.45, 2.75) is 38.3 Å². The third kappa shape index (κ3) is 2.57. The van der Waals surface area contributed by atoms with Crippen LogP contribution in [0.1, 0.15) is 32.2 Å². The number of allylic oxidation sites excluding steroid dienone is 2. The molecule has 2 heterocycles. The summed E-state index contributed by atoms with van der Waals surface area (Å²) < 4.78 is 1.95. The fraction of sp³-hybridized carbons (Fsp3) is 0.500. The topological polar surface area (TPSA) is 119 Å². The van der Waals surface area contributed by atoms with Gasteiger partial charge in [0.25, 0.3) is 0 Å². The molecule has 0 amide bonds. The molecule has 2 aliphatic carbocycles. The summed E-state index contributed by atoms with van der Waals surface area (Å²) in [6.45, 7) is 1.74. The van der Waals surface area contributed by atoms with Crippen molar-refractivity contribution < 1.29 is 9.90 Å². The summed E-state index contributed by atoms with van der Waals surface area (Å²) in [4.78, 5) is 24.3. The molecule has 0 aliphatic heterocycles. The number of anilines is 2. The van der Waals surface area contributed by atoms with Gasteiger partial charge >= 0.3 is 5.97 Å². The van der Waals surface area contributed by atoms with E-state index in [1.165, 1.54) is 0 Å². The number of imidazole rings is 1. The predicted molar refractivity (Wildman–Crippen MR) is 89.5 cm³/mol. The predicted octanol–water partition coefficient (Wildman–Crippen LogP) is 1.82. The van der Waals surface area contributed by atoms with Crippen molar-refractivity contribution in [1.29, 1.82) is 0 Å². The van der Waals surface area contributed by atoms with Crippen molar-refractivity contribution >= 4 is 28.9 Å². The molecule has 2 aromatic rings.